The fourth-order valence-corrected chi connectivity index (χ4v) is 4.47. The molecule has 138 valence electrons. The van der Waals surface area contributed by atoms with Gasteiger partial charge in [0.25, 0.3) is 0 Å². The van der Waals surface area contributed by atoms with E-state index < -0.39 is 20.6 Å². The molecule has 0 saturated carbocycles. The van der Waals surface area contributed by atoms with Crippen LogP contribution in [0.5, 0.6) is 11.5 Å². The molecule has 0 unspecified atom stereocenters. The van der Waals surface area contributed by atoms with Gasteiger partial charge in [-0.2, -0.15) is 4.31 Å². The molecule has 0 amide bonds. The van der Waals surface area contributed by atoms with Crippen LogP contribution in [0.1, 0.15) is 18.4 Å². The maximum atomic E-state index is 12.6. The summed E-state index contributed by atoms with van der Waals surface area (Å²) in [5.41, 5.74) is 0.447. The molecule has 0 N–H and O–H groups in total. The third-order valence-electron chi connectivity index (χ3n) is 4.14. The van der Waals surface area contributed by atoms with Crippen LogP contribution < -0.4 is 4.74 Å². The monoisotopic (exact) mass is 396 g/mol. The predicted octanol–water partition coefficient (Wildman–Crippen LogP) is 4.13. The molecule has 0 atom stereocenters. The van der Waals surface area contributed by atoms with Gasteiger partial charge in [0.15, 0.2) is 0 Å². The van der Waals surface area contributed by atoms with Crippen molar-refractivity contribution in [3.63, 3.8) is 0 Å². The van der Waals surface area contributed by atoms with E-state index in [1.165, 1.54) is 16.4 Å². The highest BCUT2D eigenvalue weighted by Gasteiger charge is 2.30. The van der Waals surface area contributed by atoms with Crippen LogP contribution in [0.25, 0.3) is 0 Å². The van der Waals surface area contributed by atoms with Gasteiger partial charge in [0, 0.05) is 19.2 Å². The first-order chi connectivity index (χ1) is 12.3. The van der Waals surface area contributed by atoms with Crippen LogP contribution in [0.4, 0.5) is 5.69 Å². The van der Waals surface area contributed by atoms with Gasteiger partial charge >= 0.3 is 5.69 Å². The molecule has 26 heavy (non-hydrogen) atoms. The van der Waals surface area contributed by atoms with E-state index in [0.29, 0.717) is 18.1 Å². The number of halogens is 1. The molecule has 0 aliphatic carbocycles. The van der Waals surface area contributed by atoms with E-state index in [9.17, 15) is 18.5 Å². The van der Waals surface area contributed by atoms with Gasteiger partial charge in [-0.05, 0) is 49.6 Å². The van der Waals surface area contributed by atoms with E-state index in [1.807, 2.05) is 6.92 Å². The summed E-state index contributed by atoms with van der Waals surface area (Å²) < 4.78 is 32.2. The average molecular weight is 397 g/mol. The summed E-state index contributed by atoms with van der Waals surface area (Å²) in [6, 6.07) is 8.71. The van der Waals surface area contributed by atoms with Gasteiger partial charge in [0.05, 0.1) is 14.8 Å². The van der Waals surface area contributed by atoms with Gasteiger partial charge < -0.3 is 4.74 Å². The lowest BCUT2D eigenvalue weighted by Crippen LogP contribution is -2.27. The molecule has 2 aromatic rings. The van der Waals surface area contributed by atoms with Crippen LogP contribution in [0.15, 0.2) is 41.3 Å². The van der Waals surface area contributed by atoms with Crippen molar-refractivity contribution in [3.05, 3.63) is 57.1 Å². The zero-order chi connectivity index (χ0) is 18.9. The van der Waals surface area contributed by atoms with Crippen LogP contribution in [-0.4, -0.2) is 30.7 Å². The van der Waals surface area contributed by atoms with Crippen molar-refractivity contribution in [3.8, 4) is 11.5 Å². The van der Waals surface area contributed by atoms with E-state index in [0.717, 1.165) is 24.5 Å². The summed E-state index contributed by atoms with van der Waals surface area (Å²) >= 11 is 6.07. The minimum absolute atomic E-state index is 0.0668. The number of nitro benzene ring substituents is 1. The van der Waals surface area contributed by atoms with Crippen molar-refractivity contribution in [1.82, 2.24) is 4.31 Å². The number of sulfonamides is 1. The maximum Gasteiger partial charge on any atom is 0.312 e. The molecular formula is C17H17ClN2O5S. The fourth-order valence-electron chi connectivity index (χ4n) is 2.77. The third kappa shape index (κ3) is 3.67. The van der Waals surface area contributed by atoms with Gasteiger partial charge in [0.2, 0.25) is 15.8 Å². The van der Waals surface area contributed by atoms with Gasteiger partial charge in [-0.3, -0.25) is 10.1 Å². The minimum Gasteiger partial charge on any atom is -0.449 e. The summed E-state index contributed by atoms with van der Waals surface area (Å²) in [6.45, 7) is 2.68. The number of nitrogens with zero attached hydrogens (tertiary/aromatic N) is 2. The van der Waals surface area contributed by atoms with Crippen molar-refractivity contribution in [2.45, 2.75) is 24.7 Å². The topological polar surface area (TPSA) is 89.8 Å². The number of rotatable bonds is 5. The molecule has 1 saturated heterocycles. The molecule has 1 aliphatic rings. The minimum atomic E-state index is -3.75. The van der Waals surface area contributed by atoms with Crippen LogP contribution in [0.2, 0.25) is 5.02 Å². The molecule has 1 fully saturated rings. The van der Waals surface area contributed by atoms with Crippen LogP contribution in [-0.2, 0) is 10.0 Å². The van der Waals surface area contributed by atoms with E-state index >= 15 is 0 Å². The Kier molecular flexibility index (Phi) is 5.17. The van der Waals surface area contributed by atoms with Gasteiger partial charge in [-0.15, -0.1) is 0 Å². The summed E-state index contributed by atoms with van der Waals surface area (Å²) in [7, 11) is -3.75. The summed E-state index contributed by atoms with van der Waals surface area (Å²) in [5.74, 6) is 0.202. The Bertz CT molecular complexity index is 956. The van der Waals surface area contributed by atoms with E-state index in [1.54, 1.807) is 18.2 Å². The first kappa shape index (κ1) is 18.6. The zero-order valence-electron chi connectivity index (χ0n) is 14.0. The maximum absolute atomic E-state index is 12.6. The molecular weight excluding hydrogens is 380 g/mol. The van der Waals surface area contributed by atoms with E-state index in [2.05, 4.69) is 0 Å². The number of nitro groups is 1. The van der Waals surface area contributed by atoms with Crippen LogP contribution in [0, 0.1) is 17.0 Å². The zero-order valence-corrected chi connectivity index (χ0v) is 15.6. The van der Waals surface area contributed by atoms with E-state index in [4.69, 9.17) is 16.3 Å². The molecule has 9 heteroatoms. The van der Waals surface area contributed by atoms with Gasteiger partial charge in [-0.1, -0.05) is 17.7 Å². The molecule has 2 aromatic carbocycles. The summed E-state index contributed by atoms with van der Waals surface area (Å²) in [6.07, 6.45) is 1.57. The van der Waals surface area contributed by atoms with Gasteiger partial charge in [0.1, 0.15) is 5.75 Å². The smallest absolute Gasteiger partial charge is 0.312 e. The van der Waals surface area contributed by atoms with Gasteiger partial charge in [-0.25, -0.2) is 8.42 Å². The Morgan fingerprint density at radius 3 is 2.46 bits per heavy atom. The predicted molar refractivity (Wildman–Crippen MR) is 97.4 cm³/mol. The second-order valence-electron chi connectivity index (χ2n) is 6.03. The summed E-state index contributed by atoms with van der Waals surface area (Å²) in [4.78, 5) is 10.7. The lowest BCUT2D eigenvalue weighted by Gasteiger charge is -2.16. The summed E-state index contributed by atoms with van der Waals surface area (Å²) in [5, 5.41) is 11.8. The highest BCUT2D eigenvalue weighted by atomic mass is 35.5. The largest absolute Gasteiger partial charge is 0.449 e. The Morgan fingerprint density at radius 1 is 1.12 bits per heavy atom. The quantitative estimate of drug-likeness (QED) is 0.559. The molecule has 0 spiro atoms. The number of aryl methyl sites for hydroxylation is 1. The van der Waals surface area contributed by atoms with Crippen molar-refractivity contribution in [2.24, 2.45) is 0 Å². The molecule has 0 aromatic heterocycles. The molecule has 3 rings (SSSR count). The normalized spacial score (nSPS) is 15.2. The molecule has 7 nitrogen and oxygen atoms in total. The Morgan fingerprint density at radius 2 is 1.81 bits per heavy atom. The standard InChI is InChI=1S/C17H17ClN2O5S/c1-12-4-6-14(18)17(10-12)25-16-7-5-13(11-15(16)20(21)22)26(23,24)19-8-2-3-9-19/h4-7,10-11H,2-3,8-9H2,1H3. The van der Waals surface area contributed by atoms with Crippen molar-refractivity contribution < 1.29 is 18.1 Å². The van der Waals surface area contributed by atoms with E-state index in [-0.39, 0.29) is 16.4 Å². The van der Waals surface area contributed by atoms with Crippen molar-refractivity contribution in [1.29, 1.82) is 0 Å². The molecule has 1 heterocycles. The Hall–Kier alpha value is -2.16. The highest BCUT2D eigenvalue weighted by Crippen LogP contribution is 2.37. The first-order valence-electron chi connectivity index (χ1n) is 8.01. The van der Waals surface area contributed by atoms with Crippen LogP contribution >= 0.6 is 11.6 Å². The Labute approximate surface area is 156 Å². The van der Waals surface area contributed by atoms with Crippen molar-refractivity contribution in [2.75, 3.05) is 13.1 Å². The molecule has 0 radical (unpaired) electrons. The fraction of sp³-hybridized carbons (Fsp3) is 0.294. The highest BCUT2D eigenvalue weighted by molar-refractivity contribution is 7.89. The lowest BCUT2D eigenvalue weighted by molar-refractivity contribution is -0.385. The number of ether oxygens (including phenoxy) is 1. The Balaban J connectivity index is 2.00. The second kappa shape index (κ2) is 7.22. The third-order valence-corrected chi connectivity index (χ3v) is 6.34. The lowest BCUT2D eigenvalue weighted by atomic mass is 10.2. The molecule has 0 bridgehead atoms. The van der Waals surface area contributed by atoms with Crippen molar-refractivity contribution >= 4 is 27.3 Å². The second-order valence-corrected chi connectivity index (χ2v) is 8.38. The number of hydrogen-bond donors (Lipinski definition) is 0. The van der Waals surface area contributed by atoms with Crippen LogP contribution in [0.3, 0.4) is 0 Å². The number of benzene rings is 2. The first-order valence-corrected chi connectivity index (χ1v) is 9.83. The number of hydrogen-bond acceptors (Lipinski definition) is 5. The average Bonchev–Trinajstić information content (AvgIpc) is 3.13. The molecule has 1 aliphatic heterocycles. The SMILES string of the molecule is Cc1ccc(Cl)c(Oc2ccc(S(=O)(=O)N3CCCC3)cc2[N+](=O)[O-])c1.